The Morgan fingerprint density at radius 3 is 1.46 bits per heavy atom. The van der Waals surface area contributed by atoms with E-state index in [1.54, 1.807) is 0 Å². The predicted octanol–water partition coefficient (Wildman–Crippen LogP) is 12.8. The first-order valence-corrected chi connectivity index (χ1v) is 23.2. The maximum absolute atomic E-state index is 12.7. The molecule has 0 radical (unpaired) electrons. The first-order chi connectivity index (χ1) is 27.6. The largest absolute Gasteiger partial charge is 0.477 e. The average molecular weight is 803 g/mol. The Kier molecular flexibility index (Phi) is 38.2. The van der Waals surface area contributed by atoms with Crippen molar-refractivity contribution in [2.75, 3.05) is 41.0 Å². The van der Waals surface area contributed by atoms with Crippen LogP contribution in [-0.4, -0.2) is 80.6 Å². The van der Waals surface area contributed by atoms with Crippen molar-refractivity contribution in [2.45, 2.75) is 206 Å². The van der Waals surface area contributed by atoms with E-state index in [9.17, 15) is 19.5 Å². The normalized spacial score (nSPS) is 13.4. The molecule has 0 bridgehead atoms. The minimum absolute atomic E-state index is 0.0520. The molecule has 2 unspecified atom stereocenters. The highest BCUT2D eigenvalue weighted by atomic mass is 16.6. The third-order valence-electron chi connectivity index (χ3n) is 10.2. The van der Waals surface area contributed by atoms with E-state index in [0.717, 1.165) is 77.0 Å². The second kappa shape index (κ2) is 40.1. The zero-order valence-electron chi connectivity index (χ0n) is 37.5. The molecule has 0 aromatic rings. The lowest BCUT2D eigenvalue weighted by atomic mass is 10.0. The van der Waals surface area contributed by atoms with Crippen LogP contribution < -0.4 is 0 Å². The second-order valence-corrected chi connectivity index (χ2v) is 16.6. The lowest BCUT2D eigenvalue weighted by molar-refractivity contribution is -0.887. The lowest BCUT2D eigenvalue weighted by Gasteiger charge is -2.31. The number of hydrogen-bond donors (Lipinski definition) is 1. The van der Waals surface area contributed by atoms with Gasteiger partial charge in [-0.1, -0.05) is 172 Å². The van der Waals surface area contributed by atoms with Crippen molar-refractivity contribution in [3.05, 3.63) is 48.6 Å². The Hall–Kier alpha value is -2.71. The molecule has 8 heteroatoms. The number of carbonyl (C=O) groups excluding carboxylic acids is 2. The molecule has 1 N–H and O–H groups in total. The van der Waals surface area contributed by atoms with Crippen LogP contribution in [0, 0.1) is 0 Å². The molecule has 0 saturated heterocycles. The summed E-state index contributed by atoms with van der Waals surface area (Å²) in [7, 11) is 5.52. The van der Waals surface area contributed by atoms with Gasteiger partial charge in [0.15, 0.2) is 12.1 Å². The Balaban J connectivity index is 4.35. The molecule has 0 fully saturated rings. The Bertz CT molecular complexity index is 1070. The highest BCUT2D eigenvalue weighted by molar-refractivity contribution is 5.72. The molecule has 2 atom stereocenters. The number of unbranched alkanes of at least 4 members (excludes halogenated alkanes) is 19. The zero-order valence-corrected chi connectivity index (χ0v) is 37.5. The summed E-state index contributed by atoms with van der Waals surface area (Å²) < 4.78 is 17.3. The lowest BCUT2D eigenvalue weighted by Crippen LogP contribution is -2.50. The van der Waals surface area contributed by atoms with E-state index in [1.165, 1.54) is 83.5 Å². The molecule has 8 nitrogen and oxygen atoms in total. The van der Waals surface area contributed by atoms with Crippen LogP contribution in [0.2, 0.25) is 0 Å². The fourth-order valence-electron chi connectivity index (χ4n) is 6.67. The number of carboxylic acid groups (broad SMARTS) is 1. The summed E-state index contributed by atoms with van der Waals surface area (Å²) in [6, 6.07) is -0.619. The van der Waals surface area contributed by atoms with Gasteiger partial charge in [0.05, 0.1) is 34.4 Å². The first-order valence-electron chi connectivity index (χ1n) is 23.2. The Morgan fingerprint density at radius 1 is 0.544 bits per heavy atom. The van der Waals surface area contributed by atoms with Gasteiger partial charge in [-0.05, 0) is 51.4 Å². The van der Waals surface area contributed by atoms with Gasteiger partial charge in [0, 0.05) is 19.3 Å². The van der Waals surface area contributed by atoms with Gasteiger partial charge >= 0.3 is 17.9 Å². The number of quaternary nitrogens is 1. The van der Waals surface area contributed by atoms with E-state index >= 15 is 0 Å². The average Bonchev–Trinajstić information content (AvgIpc) is 3.17. The van der Waals surface area contributed by atoms with Gasteiger partial charge in [0.1, 0.15) is 6.61 Å². The van der Waals surface area contributed by atoms with E-state index in [0.29, 0.717) is 19.3 Å². The van der Waals surface area contributed by atoms with Crippen molar-refractivity contribution in [3.63, 3.8) is 0 Å². The van der Waals surface area contributed by atoms with Crippen LogP contribution in [-0.2, 0) is 28.6 Å². The molecular weight excluding hydrogens is 715 g/mol. The van der Waals surface area contributed by atoms with Gasteiger partial charge < -0.3 is 23.8 Å². The van der Waals surface area contributed by atoms with Crippen molar-refractivity contribution in [1.29, 1.82) is 0 Å². The molecule has 57 heavy (non-hydrogen) atoms. The van der Waals surface area contributed by atoms with E-state index in [1.807, 2.05) is 21.1 Å². The van der Waals surface area contributed by atoms with Crippen LogP contribution in [0.25, 0.3) is 0 Å². The van der Waals surface area contributed by atoms with Crippen molar-refractivity contribution in [2.24, 2.45) is 0 Å². The molecule has 0 aromatic heterocycles. The molecule has 0 aliphatic carbocycles. The molecule has 0 heterocycles. The molecule has 0 aromatic carbocycles. The molecule has 0 aliphatic rings. The van der Waals surface area contributed by atoms with E-state index in [-0.39, 0.29) is 36.2 Å². The Labute approximate surface area is 350 Å². The number of carbonyl (C=O) groups is 3. The minimum Gasteiger partial charge on any atom is -0.477 e. The molecular formula is C49H88NO7+. The van der Waals surface area contributed by atoms with Crippen molar-refractivity contribution < 1.29 is 38.2 Å². The number of nitrogens with zero attached hydrogens (tertiary/aromatic N) is 1. The summed E-state index contributed by atoms with van der Waals surface area (Å²) in [5, 5.41) is 9.63. The van der Waals surface area contributed by atoms with Crippen LogP contribution in [0.5, 0.6) is 0 Å². The van der Waals surface area contributed by atoms with Crippen LogP contribution in [0.15, 0.2) is 48.6 Å². The van der Waals surface area contributed by atoms with Crippen molar-refractivity contribution >= 4 is 17.9 Å². The van der Waals surface area contributed by atoms with Gasteiger partial charge in [-0.25, -0.2) is 4.79 Å². The molecule has 0 saturated carbocycles. The topological polar surface area (TPSA) is 99.1 Å². The maximum atomic E-state index is 12.7. The number of allylic oxidation sites excluding steroid dienone is 8. The Morgan fingerprint density at radius 2 is 0.982 bits per heavy atom. The molecule has 0 spiro atoms. The van der Waals surface area contributed by atoms with Gasteiger partial charge in [0.2, 0.25) is 0 Å². The quantitative estimate of drug-likeness (QED) is 0.0284. The van der Waals surface area contributed by atoms with E-state index < -0.39 is 18.1 Å². The molecule has 0 aliphatic heterocycles. The van der Waals surface area contributed by atoms with Crippen LogP contribution in [0.4, 0.5) is 0 Å². The summed E-state index contributed by atoms with van der Waals surface area (Å²) in [6.07, 6.45) is 47.2. The minimum atomic E-state index is -0.879. The second-order valence-electron chi connectivity index (χ2n) is 16.6. The SMILES string of the molecule is CC/C=C\C/C=C\C/C=C\C/C=C\CCCCCCC(=O)OC(COCCC(C(=O)O)[N+](C)(C)C)COC(=O)CCCCCCCCCCCCCCCCCC. The van der Waals surface area contributed by atoms with Crippen LogP contribution >= 0.6 is 0 Å². The summed E-state index contributed by atoms with van der Waals surface area (Å²) in [5.41, 5.74) is 0. The zero-order chi connectivity index (χ0) is 42.1. The highest BCUT2D eigenvalue weighted by Gasteiger charge is 2.31. The van der Waals surface area contributed by atoms with Gasteiger partial charge in [-0.15, -0.1) is 0 Å². The number of ether oxygens (including phenoxy) is 3. The monoisotopic (exact) mass is 803 g/mol. The molecule has 0 rings (SSSR count). The number of aliphatic carboxylic acids is 1. The van der Waals surface area contributed by atoms with Crippen molar-refractivity contribution in [1.82, 2.24) is 0 Å². The highest BCUT2D eigenvalue weighted by Crippen LogP contribution is 2.15. The number of carboxylic acids is 1. The van der Waals surface area contributed by atoms with Gasteiger partial charge in [0.25, 0.3) is 0 Å². The summed E-state index contributed by atoms with van der Waals surface area (Å²) >= 11 is 0. The number of hydrogen-bond acceptors (Lipinski definition) is 6. The smallest absolute Gasteiger partial charge is 0.362 e. The third-order valence-corrected chi connectivity index (χ3v) is 10.2. The predicted molar refractivity (Wildman–Crippen MR) is 238 cm³/mol. The van der Waals surface area contributed by atoms with Crippen molar-refractivity contribution in [3.8, 4) is 0 Å². The summed E-state index contributed by atoms with van der Waals surface area (Å²) in [6.45, 7) is 4.61. The fraction of sp³-hybridized carbons (Fsp3) is 0.776. The van der Waals surface area contributed by atoms with Crippen LogP contribution in [0.3, 0.4) is 0 Å². The first kappa shape index (κ1) is 54.3. The third kappa shape index (κ3) is 38.6. The number of likely N-dealkylation sites (N-methyl/N-ethyl adjacent to an activating group) is 1. The van der Waals surface area contributed by atoms with Gasteiger partial charge in [-0.3, -0.25) is 9.59 Å². The van der Waals surface area contributed by atoms with Gasteiger partial charge in [-0.2, -0.15) is 0 Å². The maximum Gasteiger partial charge on any atom is 0.362 e. The molecule has 330 valence electrons. The molecule has 0 amide bonds. The van der Waals surface area contributed by atoms with E-state index in [2.05, 4.69) is 62.5 Å². The summed E-state index contributed by atoms with van der Waals surface area (Å²) in [4.78, 5) is 37.0. The summed E-state index contributed by atoms with van der Waals surface area (Å²) in [5.74, 6) is -1.49. The number of rotatable bonds is 41. The fourth-order valence-corrected chi connectivity index (χ4v) is 6.67. The standard InChI is InChI=1S/C49H87NO7/c1-6-8-10-12-14-16-18-20-22-24-26-28-30-32-34-36-38-40-48(52)57-45(43-55-42-41-46(49(53)54)50(3,4)5)44-56-47(51)39-37-35-33-31-29-27-25-23-21-19-17-15-13-11-9-7-2/h8,10,14,16,20,22,26,28,45-46H,6-7,9,11-13,15,17-19,21,23-25,27,29-44H2,1-5H3/p+1/b10-8-,16-14-,22-20-,28-26-. The van der Waals surface area contributed by atoms with E-state index in [4.69, 9.17) is 14.2 Å². The van der Waals surface area contributed by atoms with Crippen LogP contribution in [0.1, 0.15) is 194 Å². The number of esters is 2.